The minimum absolute atomic E-state index is 0.122. The first-order valence-corrected chi connectivity index (χ1v) is 11.3. The van der Waals surface area contributed by atoms with E-state index in [1.54, 1.807) is 48.5 Å². The Labute approximate surface area is 213 Å². The summed E-state index contributed by atoms with van der Waals surface area (Å²) in [4.78, 5) is 12.6. The third-order valence-corrected chi connectivity index (χ3v) is 6.03. The summed E-state index contributed by atoms with van der Waals surface area (Å²) in [5.74, 6) is -0.133. The number of carbonyl (C=O) groups is 1. The van der Waals surface area contributed by atoms with E-state index in [1.807, 2.05) is 6.07 Å². The normalized spacial score (nSPS) is 11.1. The molecule has 9 heteroatoms. The second kappa shape index (κ2) is 11.1. The Bertz CT molecular complexity index is 1260. The molecule has 0 unspecified atom stereocenters. The van der Waals surface area contributed by atoms with Gasteiger partial charge in [-0.25, -0.2) is 0 Å². The van der Waals surface area contributed by atoms with Crippen LogP contribution in [0.15, 0.2) is 64.6 Å². The number of hydrogen-bond donors (Lipinski definition) is 1. The first-order valence-electron chi connectivity index (χ1n) is 9.01. The molecule has 0 aliphatic carbocycles. The first kappa shape index (κ1) is 24.4. The van der Waals surface area contributed by atoms with Gasteiger partial charge in [0.1, 0.15) is 24.0 Å². The monoisotopic (exact) mass is 568 g/mol. The number of nitriles is 1. The van der Waals surface area contributed by atoms with E-state index in [0.717, 1.165) is 10.0 Å². The van der Waals surface area contributed by atoms with Crippen molar-refractivity contribution in [2.75, 3.05) is 5.32 Å². The second-order valence-electron chi connectivity index (χ2n) is 6.46. The van der Waals surface area contributed by atoms with E-state index in [0.29, 0.717) is 32.1 Å². The SMILES string of the molecule is N#C/C(=C\c1cc(Br)ccc1OCc1ccc(Cl)cc1Cl)C(=O)Nc1ccc(Cl)c(Cl)c1. The smallest absolute Gasteiger partial charge is 0.266 e. The van der Waals surface area contributed by atoms with Crippen LogP contribution in [-0.2, 0) is 11.4 Å². The van der Waals surface area contributed by atoms with E-state index in [1.165, 1.54) is 12.1 Å². The lowest BCUT2D eigenvalue weighted by Gasteiger charge is -2.12. The van der Waals surface area contributed by atoms with Crippen molar-refractivity contribution in [2.45, 2.75) is 6.61 Å². The zero-order valence-corrected chi connectivity index (χ0v) is 20.7. The molecule has 0 radical (unpaired) electrons. The van der Waals surface area contributed by atoms with Crippen molar-refractivity contribution in [1.29, 1.82) is 5.26 Å². The van der Waals surface area contributed by atoms with Crippen LogP contribution in [0.25, 0.3) is 6.08 Å². The molecular weight excluding hydrogens is 558 g/mol. The van der Waals surface area contributed by atoms with E-state index >= 15 is 0 Å². The molecule has 0 saturated heterocycles. The molecule has 32 heavy (non-hydrogen) atoms. The molecule has 3 aromatic rings. The predicted molar refractivity (Wildman–Crippen MR) is 134 cm³/mol. The average molecular weight is 571 g/mol. The van der Waals surface area contributed by atoms with E-state index in [4.69, 9.17) is 51.1 Å². The van der Waals surface area contributed by atoms with Gasteiger partial charge in [-0.05, 0) is 54.6 Å². The molecule has 1 N–H and O–H groups in total. The third-order valence-electron chi connectivity index (χ3n) is 4.21. The summed E-state index contributed by atoms with van der Waals surface area (Å²) in [6, 6.07) is 16.9. The Hall–Kier alpha value is -2.20. The number of rotatable bonds is 6. The zero-order chi connectivity index (χ0) is 23.3. The van der Waals surface area contributed by atoms with Crippen LogP contribution in [-0.4, -0.2) is 5.91 Å². The number of ether oxygens (including phenoxy) is 1. The molecule has 4 nitrogen and oxygen atoms in total. The van der Waals surface area contributed by atoms with Crippen LogP contribution in [0.4, 0.5) is 5.69 Å². The highest BCUT2D eigenvalue weighted by atomic mass is 79.9. The lowest BCUT2D eigenvalue weighted by molar-refractivity contribution is -0.112. The highest BCUT2D eigenvalue weighted by molar-refractivity contribution is 9.10. The van der Waals surface area contributed by atoms with Crippen molar-refractivity contribution in [3.05, 3.63) is 95.9 Å². The molecule has 0 bridgehead atoms. The van der Waals surface area contributed by atoms with Crippen molar-refractivity contribution in [3.63, 3.8) is 0 Å². The molecule has 1 amide bonds. The fraction of sp³-hybridized carbons (Fsp3) is 0.0435. The zero-order valence-electron chi connectivity index (χ0n) is 16.1. The van der Waals surface area contributed by atoms with E-state index in [9.17, 15) is 10.1 Å². The quantitative estimate of drug-likeness (QED) is 0.240. The number of nitrogens with zero attached hydrogens (tertiary/aromatic N) is 1. The van der Waals surface area contributed by atoms with Crippen molar-refractivity contribution in [1.82, 2.24) is 0 Å². The molecule has 0 fully saturated rings. The highest BCUT2D eigenvalue weighted by Crippen LogP contribution is 2.29. The molecule has 0 heterocycles. The molecule has 0 spiro atoms. The number of halogens is 5. The minimum Gasteiger partial charge on any atom is -0.488 e. The van der Waals surface area contributed by atoms with Crippen LogP contribution in [0, 0.1) is 11.3 Å². The van der Waals surface area contributed by atoms with Crippen LogP contribution in [0.3, 0.4) is 0 Å². The van der Waals surface area contributed by atoms with Gasteiger partial charge in [0, 0.05) is 31.3 Å². The van der Waals surface area contributed by atoms with Gasteiger partial charge in [-0.1, -0.05) is 68.4 Å². The molecule has 0 aliphatic heterocycles. The topological polar surface area (TPSA) is 62.1 Å². The predicted octanol–water partition coefficient (Wildman–Crippen LogP) is 8.19. The Kier molecular flexibility index (Phi) is 8.47. The summed E-state index contributed by atoms with van der Waals surface area (Å²) in [5, 5.41) is 13.8. The maximum absolute atomic E-state index is 12.6. The van der Waals surface area contributed by atoms with Crippen LogP contribution < -0.4 is 10.1 Å². The Morgan fingerprint density at radius 1 is 1.00 bits per heavy atom. The Balaban J connectivity index is 1.84. The fourth-order valence-corrected chi connectivity index (χ4v) is 3.77. The molecule has 3 rings (SSSR count). The number of anilines is 1. The van der Waals surface area contributed by atoms with Gasteiger partial charge in [0.15, 0.2) is 0 Å². The third kappa shape index (κ3) is 6.41. The Morgan fingerprint density at radius 2 is 1.78 bits per heavy atom. The van der Waals surface area contributed by atoms with Gasteiger partial charge in [0.25, 0.3) is 5.91 Å². The number of nitrogens with one attached hydrogen (secondary N) is 1. The first-order chi connectivity index (χ1) is 15.3. The molecule has 162 valence electrons. The molecule has 0 atom stereocenters. The van der Waals surface area contributed by atoms with Gasteiger partial charge >= 0.3 is 0 Å². The summed E-state index contributed by atoms with van der Waals surface area (Å²) >= 11 is 27.4. The van der Waals surface area contributed by atoms with Crippen LogP contribution in [0.2, 0.25) is 20.1 Å². The van der Waals surface area contributed by atoms with Crippen LogP contribution >= 0.6 is 62.3 Å². The highest BCUT2D eigenvalue weighted by Gasteiger charge is 2.13. The molecule has 0 aliphatic rings. The minimum atomic E-state index is -0.599. The number of benzene rings is 3. The molecule has 0 aromatic heterocycles. The van der Waals surface area contributed by atoms with Gasteiger partial charge in [0.05, 0.1) is 10.0 Å². The number of hydrogen-bond acceptors (Lipinski definition) is 3. The largest absolute Gasteiger partial charge is 0.488 e. The molecule has 3 aromatic carbocycles. The second-order valence-corrected chi connectivity index (χ2v) is 9.03. The van der Waals surface area contributed by atoms with Gasteiger partial charge < -0.3 is 10.1 Å². The lowest BCUT2D eigenvalue weighted by Crippen LogP contribution is -2.13. The summed E-state index contributed by atoms with van der Waals surface area (Å²) in [7, 11) is 0. The summed E-state index contributed by atoms with van der Waals surface area (Å²) in [6.07, 6.45) is 1.44. The van der Waals surface area contributed by atoms with E-state index in [-0.39, 0.29) is 17.2 Å². The summed E-state index contributed by atoms with van der Waals surface area (Å²) < 4.78 is 6.66. The van der Waals surface area contributed by atoms with Crippen LogP contribution in [0.1, 0.15) is 11.1 Å². The fourth-order valence-electron chi connectivity index (χ4n) is 2.63. The number of carbonyl (C=O) groups excluding carboxylic acids is 1. The Morgan fingerprint density at radius 3 is 2.47 bits per heavy atom. The van der Waals surface area contributed by atoms with E-state index in [2.05, 4.69) is 21.2 Å². The van der Waals surface area contributed by atoms with E-state index < -0.39 is 5.91 Å². The summed E-state index contributed by atoms with van der Waals surface area (Å²) in [6.45, 7) is 0.176. The van der Waals surface area contributed by atoms with Gasteiger partial charge in [-0.2, -0.15) is 5.26 Å². The van der Waals surface area contributed by atoms with Crippen molar-refractivity contribution >= 4 is 80.0 Å². The molecule has 0 saturated carbocycles. The maximum atomic E-state index is 12.6. The van der Waals surface area contributed by atoms with Crippen molar-refractivity contribution in [3.8, 4) is 11.8 Å². The summed E-state index contributed by atoms with van der Waals surface area (Å²) in [5.41, 5.74) is 1.56. The van der Waals surface area contributed by atoms with Crippen molar-refractivity contribution < 1.29 is 9.53 Å². The van der Waals surface area contributed by atoms with Crippen molar-refractivity contribution in [2.24, 2.45) is 0 Å². The average Bonchev–Trinajstić information content (AvgIpc) is 2.75. The van der Waals surface area contributed by atoms with Crippen LogP contribution in [0.5, 0.6) is 5.75 Å². The number of amides is 1. The van der Waals surface area contributed by atoms with Gasteiger partial charge in [0.2, 0.25) is 0 Å². The standard InChI is InChI=1S/C23H13BrCl4N2O2/c24-16-2-6-22(32-12-13-1-3-17(25)9-20(13)27)14(8-16)7-15(11-29)23(31)30-18-4-5-19(26)21(28)10-18/h1-10H,12H2,(H,30,31)/b15-7+. The molecular formula is C23H13BrCl4N2O2. The lowest BCUT2D eigenvalue weighted by atomic mass is 10.1. The van der Waals surface area contributed by atoms with Gasteiger partial charge in [-0.3, -0.25) is 4.79 Å². The maximum Gasteiger partial charge on any atom is 0.266 e. The van der Waals surface area contributed by atoms with Gasteiger partial charge in [-0.15, -0.1) is 0 Å².